The molecule has 0 aliphatic carbocycles. The molecule has 3 heteroatoms. The molecule has 0 aromatic carbocycles. The van der Waals surface area contributed by atoms with Crippen molar-refractivity contribution in [2.45, 2.75) is 110 Å². The van der Waals surface area contributed by atoms with Crippen molar-refractivity contribution < 1.29 is 9.53 Å². The summed E-state index contributed by atoms with van der Waals surface area (Å²) >= 11 is 4.24. The van der Waals surface area contributed by atoms with Crippen LogP contribution in [0.15, 0.2) is 0 Å². The number of ether oxygens (including phenoxy) is 1. The summed E-state index contributed by atoms with van der Waals surface area (Å²) in [5, 5.41) is 0. The van der Waals surface area contributed by atoms with Crippen LogP contribution >= 0.6 is 12.6 Å². The average molecular weight is 345 g/mol. The Morgan fingerprint density at radius 3 is 1.22 bits per heavy atom. The number of unbranched alkanes of at least 4 members (excludes halogenated alkanes) is 15. The summed E-state index contributed by atoms with van der Waals surface area (Å²) in [5.74, 6) is 0.896. The number of hydrogen-bond donors (Lipinski definition) is 1. The van der Waals surface area contributed by atoms with E-state index < -0.39 is 0 Å². The lowest BCUT2D eigenvalue weighted by Gasteiger charge is -2.04. The summed E-state index contributed by atoms with van der Waals surface area (Å²) in [6.45, 7) is 2.08. The molecule has 0 saturated heterocycles. The number of rotatable bonds is 18. The molecular formula is C20H40O2S. The quantitative estimate of drug-likeness (QED) is 0.170. The largest absolute Gasteiger partial charge is 0.466 e. The molecule has 0 fully saturated rings. The fourth-order valence-corrected chi connectivity index (χ4v) is 3.13. The first kappa shape index (κ1) is 22.8. The second kappa shape index (κ2) is 19.9. The third kappa shape index (κ3) is 21.8. The molecule has 23 heavy (non-hydrogen) atoms. The molecule has 0 heterocycles. The Bertz CT molecular complexity index is 244. The van der Waals surface area contributed by atoms with Crippen molar-refractivity contribution in [3.63, 3.8) is 0 Å². The fourth-order valence-electron chi connectivity index (χ4n) is 2.90. The Hall–Kier alpha value is -0.180. The van der Waals surface area contributed by atoms with Crippen molar-refractivity contribution in [1.29, 1.82) is 0 Å². The van der Waals surface area contributed by atoms with Crippen LogP contribution < -0.4 is 0 Å². The van der Waals surface area contributed by atoms with Crippen LogP contribution in [0.1, 0.15) is 110 Å². The molecule has 138 valence electrons. The van der Waals surface area contributed by atoms with Crippen molar-refractivity contribution >= 4 is 18.6 Å². The van der Waals surface area contributed by atoms with Gasteiger partial charge >= 0.3 is 5.97 Å². The van der Waals surface area contributed by atoms with Gasteiger partial charge in [0.05, 0.1) is 6.61 Å². The maximum absolute atomic E-state index is 10.6. The molecule has 0 unspecified atom stereocenters. The third-order valence-electron chi connectivity index (χ3n) is 4.36. The van der Waals surface area contributed by atoms with Gasteiger partial charge in [-0.1, -0.05) is 89.9 Å². The molecule has 0 amide bonds. The molecule has 0 N–H and O–H groups in total. The van der Waals surface area contributed by atoms with E-state index in [2.05, 4.69) is 12.6 Å². The Morgan fingerprint density at radius 1 is 0.609 bits per heavy atom. The molecule has 0 aromatic rings. The minimum atomic E-state index is -0.154. The minimum absolute atomic E-state index is 0.154. The summed E-state index contributed by atoms with van der Waals surface area (Å²) in [4.78, 5) is 10.6. The number of esters is 1. The summed E-state index contributed by atoms with van der Waals surface area (Å²) in [5.41, 5.74) is 0. The molecule has 0 atom stereocenters. The van der Waals surface area contributed by atoms with E-state index in [1.165, 1.54) is 103 Å². The lowest BCUT2D eigenvalue weighted by Crippen LogP contribution is -2.00. The van der Waals surface area contributed by atoms with Crippen LogP contribution in [0.2, 0.25) is 0 Å². The fraction of sp³-hybridized carbons (Fsp3) is 0.950. The minimum Gasteiger partial charge on any atom is -0.466 e. The number of thiol groups is 1. The standard InChI is InChI=1S/C20H40O2S/c1-20(21)22-18-16-14-12-10-8-6-4-2-3-5-7-9-11-13-15-17-19-23/h23H,2-19H2,1H3. The van der Waals surface area contributed by atoms with Crippen LogP contribution in [0.4, 0.5) is 0 Å². The van der Waals surface area contributed by atoms with E-state index in [1.807, 2.05) is 0 Å². The van der Waals surface area contributed by atoms with Gasteiger partial charge in [-0.05, 0) is 18.6 Å². The van der Waals surface area contributed by atoms with E-state index in [-0.39, 0.29) is 5.97 Å². The van der Waals surface area contributed by atoms with Crippen molar-refractivity contribution in [2.24, 2.45) is 0 Å². The lowest BCUT2D eigenvalue weighted by atomic mass is 10.0. The van der Waals surface area contributed by atoms with Gasteiger partial charge in [0.1, 0.15) is 0 Å². The highest BCUT2D eigenvalue weighted by Gasteiger charge is 1.95. The third-order valence-corrected chi connectivity index (χ3v) is 4.67. The highest BCUT2D eigenvalue weighted by molar-refractivity contribution is 7.80. The van der Waals surface area contributed by atoms with Gasteiger partial charge in [-0.3, -0.25) is 4.79 Å². The molecule has 0 bridgehead atoms. The lowest BCUT2D eigenvalue weighted by molar-refractivity contribution is -0.141. The molecule has 0 aromatic heterocycles. The summed E-state index contributed by atoms with van der Waals surface area (Å²) < 4.78 is 4.92. The Kier molecular flexibility index (Phi) is 19.7. The van der Waals surface area contributed by atoms with E-state index in [0.29, 0.717) is 6.61 Å². The summed E-state index contributed by atoms with van der Waals surface area (Å²) in [6, 6.07) is 0. The highest BCUT2D eigenvalue weighted by Crippen LogP contribution is 2.13. The molecule has 2 nitrogen and oxygen atoms in total. The van der Waals surface area contributed by atoms with Crippen molar-refractivity contribution in [1.82, 2.24) is 0 Å². The Morgan fingerprint density at radius 2 is 0.913 bits per heavy atom. The van der Waals surface area contributed by atoms with Gasteiger partial charge in [-0.15, -0.1) is 0 Å². The second-order valence-electron chi connectivity index (χ2n) is 6.72. The van der Waals surface area contributed by atoms with Crippen LogP contribution in [0.25, 0.3) is 0 Å². The highest BCUT2D eigenvalue weighted by atomic mass is 32.1. The van der Waals surface area contributed by atoms with Crippen LogP contribution in [-0.4, -0.2) is 18.3 Å². The van der Waals surface area contributed by atoms with Crippen LogP contribution in [-0.2, 0) is 9.53 Å². The zero-order chi connectivity index (χ0) is 17.0. The van der Waals surface area contributed by atoms with E-state index in [1.54, 1.807) is 0 Å². The first-order valence-electron chi connectivity index (χ1n) is 10.0. The monoisotopic (exact) mass is 344 g/mol. The molecule has 0 aliphatic rings. The Labute approximate surface area is 150 Å². The van der Waals surface area contributed by atoms with Crippen LogP contribution in [0.5, 0.6) is 0 Å². The summed E-state index contributed by atoms with van der Waals surface area (Å²) in [7, 11) is 0. The Balaban J connectivity index is 2.96. The zero-order valence-electron chi connectivity index (χ0n) is 15.5. The molecule has 0 radical (unpaired) electrons. The van der Waals surface area contributed by atoms with Gasteiger partial charge in [0.15, 0.2) is 0 Å². The van der Waals surface area contributed by atoms with E-state index in [0.717, 1.165) is 12.2 Å². The predicted molar refractivity (Wildman–Crippen MR) is 104 cm³/mol. The number of carbonyl (C=O) groups excluding carboxylic acids is 1. The molecular weight excluding hydrogens is 304 g/mol. The molecule has 0 spiro atoms. The predicted octanol–water partition coefficient (Wildman–Crippen LogP) is 6.72. The number of hydrogen-bond acceptors (Lipinski definition) is 3. The molecule has 0 aliphatic heterocycles. The van der Waals surface area contributed by atoms with Crippen molar-refractivity contribution in [3.05, 3.63) is 0 Å². The number of carbonyl (C=O) groups is 1. The smallest absolute Gasteiger partial charge is 0.302 e. The van der Waals surface area contributed by atoms with Gasteiger partial charge in [0.25, 0.3) is 0 Å². The normalized spacial score (nSPS) is 10.9. The van der Waals surface area contributed by atoms with Crippen LogP contribution in [0.3, 0.4) is 0 Å². The van der Waals surface area contributed by atoms with E-state index in [4.69, 9.17) is 4.74 Å². The second-order valence-corrected chi connectivity index (χ2v) is 7.17. The topological polar surface area (TPSA) is 26.3 Å². The average Bonchev–Trinajstić information content (AvgIpc) is 2.53. The van der Waals surface area contributed by atoms with Crippen molar-refractivity contribution in [3.8, 4) is 0 Å². The molecule has 0 saturated carbocycles. The maximum Gasteiger partial charge on any atom is 0.302 e. The zero-order valence-corrected chi connectivity index (χ0v) is 16.4. The van der Waals surface area contributed by atoms with E-state index in [9.17, 15) is 4.79 Å². The van der Waals surface area contributed by atoms with Gasteiger partial charge in [-0.25, -0.2) is 0 Å². The first-order chi connectivity index (χ1) is 11.3. The maximum atomic E-state index is 10.6. The SMILES string of the molecule is CC(=O)OCCCCCCCCCCCCCCCCCCS. The van der Waals surface area contributed by atoms with Crippen molar-refractivity contribution in [2.75, 3.05) is 12.4 Å². The summed E-state index contributed by atoms with van der Waals surface area (Å²) in [6.07, 6.45) is 21.7. The van der Waals surface area contributed by atoms with Gasteiger partial charge in [0.2, 0.25) is 0 Å². The van der Waals surface area contributed by atoms with E-state index >= 15 is 0 Å². The first-order valence-corrected chi connectivity index (χ1v) is 10.6. The van der Waals surface area contributed by atoms with Crippen LogP contribution in [0, 0.1) is 0 Å². The van der Waals surface area contributed by atoms with Gasteiger partial charge in [-0.2, -0.15) is 12.6 Å². The molecule has 0 rings (SSSR count). The van der Waals surface area contributed by atoms with Gasteiger partial charge in [0, 0.05) is 6.92 Å². The van der Waals surface area contributed by atoms with Gasteiger partial charge < -0.3 is 4.74 Å².